The van der Waals surface area contributed by atoms with Crippen molar-refractivity contribution in [3.05, 3.63) is 0 Å². The Morgan fingerprint density at radius 1 is 0.812 bits per heavy atom. The third-order valence-corrected chi connectivity index (χ3v) is 3.01. The monoisotopic (exact) mass is 270 g/mol. The van der Waals surface area contributed by atoms with Crippen molar-refractivity contribution in [2.45, 2.75) is 49.3 Å². The van der Waals surface area contributed by atoms with E-state index in [2.05, 4.69) is 0 Å². The summed E-state index contributed by atoms with van der Waals surface area (Å²) >= 11 is 11.0. The first-order valence-corrected chi connectivity index (χ1v) is 6.06. The molecule has 0 aromatic heterocycles. The summed E-state index contributed by atoms with van der Waals surface area (Å²) in [5.41, 5.74) is 0. The minimum Gasteiger partial charge on any atom is -0.480 e. The number of carbonyl (C=O) groups is 2. The van der Waals surface area contributed by atoms with Crippen molar-refractivity contribution in [1.29, 1.82) is 0 Å². The summed E-state index contributed by atoms with van der Waals surface area (Å²) in [6, 6.07) is 0. The second kappa shape index (κ2) is 8.65. The predicted molar refractivity (Wildman–Crippen MR) is 62.3 cm³/mol. The summed E-state index contributed by atoms with van der Waals surface area (Å²) in [5, 5.41) is 15.4. The van der Waals surface area contributed by atoms with Crippen molar-refractivity contribution in [2.75, 3.05) is 0 Å². The van der Waals surface area contributed by atoms with Crippen molar-refractivity contribution in [2.24, 2.45) is 0 Å². The van der Waals surface area contributed by atoms with Crippen LogP contribution in [0.4, 0.5) is 0 Å². The molecule has 0 spiro atoms. The topological polar surface area (TPSA) is 74.6 Å². The van der Waals surface area contributed by atoms with Gasteiger partial charge in [-0.25, -0.2) is 0 Å². The molecule has 0 radical (unpaired) electrons. The first-order chi connectivity index (χ1) is 7.45. The Morgan fingerprint density at radius 2 is 1.12 bits per heavy atom. The Bertz CT molecular complexity index is 209. The number of unbranched alkanes of at least 4 members (excludes halogenated alkanes) is 3. The van der Waals surface area contributed by atoms with Gasteiger partial charge in [0.25, 0.3) is 0 Å². The summed E-state index contributed by atoms with van der Waals surface area (Å²) in [6.07, 6.45) is 4.06. The van der Waals surface area contributed by atoms with Crippen molar-refractivity contribution in [1.82, 2.24) is 0 Å². The molecule has 2 atom stereocenters. The van der Waals surface area contributed by atoms with Crippen LogP contribution in [0.5, 0.6) is 0 Å². The standard InChI is InChI=1S/C10H16Cl2O4/c11-7(9(13)14)5-3-1-2-4-6-8(12)10(15)16/h7-8H,1-6H2,(H,13,14)(H,15,16). The van der Waals surface area contributed by atoms with Gasteiger partial charge in [0.15, 0.2) is 0 Å². The predicted octanol–water partition coefficient (Wildman–Crippen LogP) is 2.71. The average Bonchev–Trinajstić information content (AvgIpc) is 2.21. The molecule has 2 N–H and O–H groups in total. The van der Waals surface area contributed by atoms with Crippen LogP contribution >= 0.6 is 23.2 Å². The molecule has 0 aliphatic heterocycles. The normalized spacial score (nSPS) is 14.4. The fourth-order valence-corrected chi connectivity index (χ4v) is 1.56. The van der Waals surface area contributed by atoms with Crippen LogP contribution in [0.3, 0.4) is 0 Å². The minimum atomic E-state index is -0.992. The number of alkyl halides is 2. The molecule has 0 heterocycles. The summed E-state index contributed by atoms with van der Waals surface area (Å²) in [7, 11) is 0. The third kappa shape index (κ3) is 7.77. The molecule has 0 aliphatic rings. The highest BCUT2D eigenvalue weighted by atomic mass is 35.5. The Hall–Kier alpha value is -0.480. The van der Waals surface area contributed by atoms with Gasteiger partial charge in [-0.1, -0.05) is 25.7 Å². The zero-order chi connectivity index (χ0) is 12.6. The number of aliphatic carboxylic acids is 2. The van der Waals surface area contributed by atoms with Gasteiger partial charge in [0.1, 0.15) is 10.8 Å². The summed E-state index contributed by atoms with van der Waals surface area (Å²) in [4.78, 5) is 20.7. The number of rotatable bonds is 9. The first-order valence-electron chi connectivity index (χ1n) is 5.19. The smallest absolute Gasteiger partial charge is 0.321 e. The van der Waals surface area contributed by atoms with E-state index in [0.717, 1.165) is 25.7 Å². The number of hydrogen-bond acceptors (Lipinski definition) is 2. The summed E-state index contributed by atoms with van der Waals surface area (Å²) < 4.78 is 0. The van der Waals surface area contributed by atoms with Gasteiger partial charge in [-0.2, -0.15) is 0 Å². The van der Waals surface area contributed by atoms with Crippen LogP contribution in [0.15, 0.2) is 0 Å². The van der Waals surface area contributed by atoms with E-state index in [9.17, 15) is 9.59 Å². The largest absolute Gasteiger partial charge is 0.480 e. The molecule has 0 aromatic carbocycles. The molecule has 0 aliphatic carbocycles. The number of hydrogen-bond donors (Lipinski definition) is 2. The molecule has 6 heteroatoms. The van der Waals surface area contributed by atoms with Gasteiger partial charge in [0.05, 0.1) is 0 Å². The molecule has 0 rings (SSSR count). The third-order valence-electron chi connectivity index (χ3n) is 2.20. The molecule has 4 nitrogen and oxygen atoms in total. The maximum absolute atomic E-state index is 10.4. The Balaban J connectivity index is 3.34. The molecule has 16 heavy (non-hydrogen) atoms. The van der Waals surface area contributed by atoms with Crippen LogP contribution in [0, 0.1) is 0 Å². The highest BCUT2D eigenvalue weighted by Gasteiger charge is 2.13. The van der Waals surface area contributed by atoms with Crippen LogP contribution < -0.4 is 0 Å². The summed E-state index contributed by atoms with van der Waals surface area (Å²) in [5.74, 6) is -1.98. The van der Waals surface area contributed by atoms with Crippen LogP contribution in [-0.4, -0.2) is 32.9 Å². The molecular weight excluding hydrogens is 255 g/mol. The molecule has 0 fully saturated rings. The van der Waals surface area contributed by atoms with Gasteiger partial charge in [-0.3, -0.25) is 9.59 Å². The second-order valence-corrected chi connectivity index (χ2v) is 4.66. The van der Waals surface area contributed by atoms with Crippen molar-refractivity contribution >= 4 is 35.1 Å². The van der Waals surface area contributed by atoms with Crippen LogP contribution in [-0.2, 0) is 9.59 Å². The second-order valence-electron chi connectivity index (χ2n) is 3.60. The van der Waals surface area contributed by atoms with Gasteiger partial charge in [0.2, 0.25) is 0 Å². The maximum Gasteiger partial charge on any atom is 0.321 e. The molecule has 0 bridgehead atoms. The molecule has 0 amide bonds. The zero-order valence-electron chi connectivity index (χ0n) is 8.86. The minimum absolute atomic E-state index is 0.445. The first kappa shape index (κ1) is 15.5. The lowest BCUT2D eigenvalue weighted by Gasteiger charge is -2.05. The molecular formula is C10H16Cl2O4. The van der Waals surface area contributed by atoms with E-state index in [-0.39, 0.29) is 0 Å². The Morgan fingerprint density at radius 3 is 1.38 bits per heavy atom. The van der Waals surface area contributed by atoms with E-state index in [1.54, 1.807) is 0 Å². The SMILES string of the molecule is O=C(O)C(Cl)CCCCCCC(Cl)C(=O)O. The molecule has 0 saturated carbocycles. The van der Waals surface area contributed by atoms with Crippen LogP contribution in [0.1, 0.15) is 38.5 Å². The van der Waals surface area contributed by atoms with Crippen molar-refractivity contribution < 1.29 is 19.8 Å². The van der Waals surface area contributed by atoms with E-state index >= 15 is 0 Å². The number of carboxylic acids is 2. The van der Waals surface area contributed by atoms with Gasteiger partial charge in [-0.05, 0) is 12.8 Å². The van der Waals surface area contributed by atoms with E-state index in [4.69, 9.17) is 33.4 Å². The summed E-state index contributed by atoms with van der Waals surface area (Å²) in [6.45, 7) is 0. The highest BCUT2D eigenvalue weighted by Crippen LogP contribution is 2.13. The molecule has 2 unspecified atom stereocenters. The lowest BCUT2D eigenvalue weighted by molar-refractivity contribution is -0.137. The van der Waals surface area contributed by atoms with Crippen molar-refractivity contribution in [3.8, 4) is 0 Å². The number of halogens is 2. The van der Waals surface area contributed by atoms with E-state index in [1.807, 2.05) is 0 Å². The van der Waals surface area contributed by atoms with Gasteiger partial charge in [0, 0.05) is 0 Å². The number of carboxylic acid groups (broad SMARTS) is 2. The van der Waals surface area contributed by atoms with Crippen LogP contribution in [0.25, 0.3) is 0 Å². The molecule has 0 saturated heterocycles. The zero-order valence-corrected chi connectivity index (χ0v) is 10.4. The fraction of sp³-hybridized carbons (Fsp3) is 0.800. The quantitative estimate of drug-likeness (QED) is 0.499. The van der Waals surface area contributed by atoms with Gasteiger partial charge >= 0.3 is 11.9 Å². The van der Waals surface area contributed by atoms with E-state index in [1.165, 1.54) is 0 Å². The Labute approximate surface area is 105 Å². The molecule has 94 valence electrons. The highest BCUT2D eigenvalue weighted by molar-refractivity contribution is 6.29. The van der Waals surface area contributed by atoms with Crippen molar-refractivity contribution in [3.63, 3.8) is 0 Å². The van der Waals surface area contributed by atoms with Gasteiger partial charge < -0.3 is 10.2 Å². The lowest BCUT2D eigenvalue weighted by atomic mass is 10.1. The maximum atomic E-state index is 10.4. The van der Waals surface area contributed by atoms with E-state index < -0.39 is 22.7 Å². The van der Waals surface area contributed by atoms with Crippen LogP contribution in [0.2, 0.25) is 0 Å². The lowest BCUT2D eigenvalue weighted by Crippen LogP contribution is -2.13. The van der Waals surface area contributed by atoms with Gasteiger partial charge in [-0.15, -0.1) is 23.2 Å². The van der Waals surface area contributed by atoms with E-state index in [0.29, 0.717) is 12.8 Å². The Kier molecular flexibility index (Phi) is 8.39. The average molecular weight is 271 g/mol. The fourth-order valence-electron chi connectivity index (χ4n) is 1.25. The molecule has 0 aromatic rings.